The lowest BCUT2D eigenvalue weighted by Gasteiger charge is -2.41. The minimum absolute atomic E-state index is 0.00153. The van der Waals surface area contributed by atoms with Crippen LogP contribution in [0.3, 0.4) is 0 Å². The van der Waals surface area contributed by atoms with Crippen LogP contribution in [0.2, 0.25) is 0 Å². The number of thiazole rings is 1. The molecule has 2 aromatic rings. The summed E-state index contributed by atoms with van der Waals surface area (Å²) >= 11 is 1.32. The molecule has 1 fully saturated rings. The largest absolute Gasteiger partial charge is 0.449 e. The highest BCUT2D eigenvalue weighted by atomic mass is 33.1. The summed E-state index contributed by atoms with van der Waals surface area (Å²) in [6.07, 6.45) is 0.737. The van der Waals surface area contributed by atoms with Crippen LogP contribution in [-0.2, 0) is 39.8 Å². The van der Waals surface area contributed by atoms with Crippen LogP contribution in [0.1, 0.15) is 101 Å². The molecule has 3 N–H and O–H groups in total. The number of carbonyl (C=O) groups is 6. The first kappa shape index (κ1) is 60.4. The zero-order chi connectivity index (χ0) is 52.2. The lowest BCUT2D eigenvalue weighted by Crippen LogP contribution is -2.59. The fourth-order valence-electron chi connectivity index (χ4n) is 9.14. The Bertz CT molecular complexity index is 1950. The van der Waals surface area contributed by atoms with E-state index in [0.29, 0.717) is 48.1 Å². The Hall–Kier alpha value is -3.95. The molecule has 9 atom stereocenters. The summed E-state index contributed by atoms with van der Waals surface area (Å²) in [5, 5.41) is 11.0. The van der Waals surface area contributed by atoms with Crippen LogP contribution in [0.15, 0.2) is 35.7 Å². The summed E-state index contributed by atoms with van der Waals surface area (Å²) in [6, 6.07) is 7.14. The number of nitrogens with zero attached hydrogens (tertiary/aromatic N) is 5. The van der Waals surface area contributed by atoms with Crippen LogP contribution in [0.4, 0.5) is 4.79 Å². The van der Waals surface area contributed by atoms with E-state index in [0.717, 1.165) is 18.4 Å². The first-order chi connectivity index (χ1) is 33.2. The lowest BCUT2D eigenvalue weighted by molar-refractivity contribution is -0.148. The number of rotatable bonds is 29. The highest BCUT2D eigenvalue weighted by Gasteiger charge is 2.43. The Kier molecular flexibility index (Phi) is 26.0. The standard InChI is InChI=1S/C50H82N8O9S3/c1-15-33(6)43(57(12)49(63)41(31(2)3)54-46(61)42(32(4)5)55(9)10)39(65-13)29-40(59)58-23-19-22-38(58)44(66-14)34(7)45(60)52-36(28-35-20-17-16-18-21-35)47-53-37(30-68-47)48(62)56(11)24-26-69-70-27-25-67-50(64)51-8/h16-18,20-21,30-34,36,38-39,41-44H,15,19,22-29H2,1-14H3,(H,51,64)(H,52,60)(H,54,61)/t33?,34?,36?,38-,39?,41?,42?,43?,44?/m0/s1. The maximum atomic E-state index is 14.5. The van der Waals surface area contributed by atoms with Crippen LogP contribution in [0.25, 0.3) is 0 Å². The van der Waals surface area contributed by atoms with Gasteiger partial charge in [-0.3, -0.25) is 28.9 Å². The molecule has 0 bridgehead atoms. The molecular formula is C50H82N8O9S3. The van der Waals surface area contributed by atoms with E-state index in [-0.39, 0.29) is 60.3 Å². The molecule has 70 heavy (non-hydrogen) atoms. The van der Waals surface area contributed by atoms with E-state index >= 15 is 0 Å². The van der Waals surface area contributed by atoms with Gasteiger partial charge in [-0.1, -0.05) is 107 Å². The third kappa shape index (κ3) is 17.4. The smallest absolute Gasteiger partial charge is 0.406 e. The Morgan fingerprint density at radius 2 is 1.57 bits per heavy atom. The third-order valence-corrected chi connectivity index (χ3v) is 16.4. The molecule has 1 saturated heterocycles. The van der Waals surface area contributed by atoms with Crippen molar-refractivity contribution in [2.24, 2.45) is 23.7 Å². The summed E-state index contributed by atoms with van der Waals surface area (Å²) in [6.45, 7) is 14.9. The zero-order valence-corrected chi connectivity index (χ0v) is 46.5. The second-order valence-corrected chi connectivity index (χ2v) is 22.6. The molecule has 394 valence electrons. The molecule has 2 heterocycles. The highest BCUT2D eigenvalue weighted by Crippen LogP contribution is 2.31. The van der Waals surface area contributed by atoms with Gasteiger partial charge in [-0.2, -0.15) is 0 Å². The summed E-state index contributed by atoms with van der Waals surface area (Å²) in [4.78, 5) is 93.3. The lowest BCUT2D eigenvalue weighted by atomic mass is 9.89. The molecule has 0 spiro atoms. The molecule has 0 aliphatic carbocycles. The van der Waals surface area contributed by atoms with E-state index in [9.17, 15) is 28.8 Å². The number of aromatic nitrogens is 1. The van der Waals surface area contributed by atoms with Gasteiger partial charge in [0.1, 0.15) is 23.4 Å². The summed E-state index contributed by atoms with van der Waals surface area (Å²) < 4.78 is 17.2. The first-order valence-electron chi connectivity index (χ1n) is 24.4. The summed E-state index contributed by atoms with van der Waals surface area (Å²) in [5.41, 5.74) is 1.28. The molecule has 17 nitrogen and oxygen atoms in total. The van der Waals surface area contributed by atoms with Gasteiger partial charge in [-0.15, -0.1) is 11.3 Å². The second-order valence-electron chi connectivity index (χ2n) is 19.1. The number of hydrogen-bond donors (Lipinski definition) is 3. The van der Waals surface area contributed by atoms with Crippen molar-refractivity contribution in [1.82, 2.24) is 40.5 Å². The third-order valence-electron chi connectivity index (χ3n) is 13.1. The molecule has 6 amide bonds. The molecule has 3 rings (SSSR count). The number of benzene rings is 1. The highest BCUT2D eigenvalue weighted by molar-refractivity contribution is 8.76. The Labute approximate surface area is 429 Å². The monoisotopic (exact) mass is 1030 g/mol. The van der Waals surface area contributed by atoms with Crippen LogP contribution in [0.5, 0.6) is 0 Å². The molecule has 1 aromatic heterocycles. The van der Waals surface area contributed by atoms with Crippen LogP contribution < -0.4 is 16.0 Å². The number of carbonyl (C=O) groups excluding carboxylic acids is 6. The summed E-state index contributed by atoms with van der Waals surface area (Å²) in [7, 11) is 15.0. The van der Waals surface area contributed by atoms with Gasteiger partial charge in [0, 0.05) is 65.3 Å². The van der Waals surface area contributed by atoms with Gasteiger partial charge in [0.25, 0.3) is 5.91 Å². The number of methoxy groups -OCH3 is 2. The van der Waals surface area contributed by atoms with E-state index in [1.54, 1.807) is 70.0 Å². The minimum atomic E-state index is -0.786. The number of hydrogen-bond acceptors (Lipinski definition) is 14. The topological polar surface area (TPSA) is 192 Å². The van der Waals surface area contributed by atoms with Gasteiger partial charge in [0.05, 0.1) is 48.7 Å². The maximum Gasteiger partial charge on any atom is 0.406 e. The van der Waals surface area contributed by atoms with Crippen molar-refractivity contribution in [1.29, 1.82) is 0 Å². The summed E-state index contributed by atoms with van der Waals surface area (Å²) in [5.74, 6) is -0.729. The first-order valence-corrected chi connectivity index (χ1v) is 27.8. The molecule has 1 aromatic carbocycles. The van der Waals surface area contributed by atoms with Crippen LogP contribution in [-0.4, -0.2) is 177 Å². The second kappa shape index (κ2) is 30.2. The average molecular weight is 1040 g/mol. The molecule has 0 saturated carbocycles. The number of likely N-dealkylation sites (N-methyl/N-ethyl adjacent to an activating group) is 2. The van der Waals surface area contributed by atoms with Gasteiger partial charge >= 0.3 is 6.09 Å². The van der Waals surface area contributed by atoms with Gasteiger partial charge < -0.3 is 44.9 Å². The van der Waals surface area contributed by atoms with Gasteiger partial charge in [0.2, 0.25) is 23.6 Å². The van der Waals surface area contributed by atoms with Crippen molar-refractivity contribution < 1.29 is 43.0 Å². The molecule has 20 heteroatoms. The van der Waals surface area contributed by atoms with Gasteiger partial charge in [0.15, 0.2) is 0 Å². The van der Waals surface area contributed by atoms with E-state index in [1.165, 1.54) is 18.4 Å². The minimum Gasteiger partial charge on any atom is -0.449 e. The van der Waals surface area contributed by atoms with E-state index in [4.69, 9.17) is 19.2 Å². The normalized spacial score (nSPS) is 17.3. The molecule has 1 aliphatic rings. The van der Waals surface area contributed by atoms with Crippen molar-refractivity contribution in [3.63, 3.8) is 0 Å². The van der Waals surface area contributed by atoms with Crippen molar-refractivity contribution >= 4 is 68.6 Å². The molecule has 8 unspecified atom stereocenters. The fraction of sp³-hybridized carbons (Fsp3) is 0.700. The van der Waals surface area contributed by atoms with Crippen molar-refractivity contribution in [2.75, 3.05) is 80.7 Å². The van der Waals surface area contributed by atoms with Crippen molar-refractivity contribution in [3.05, 3.63) is 52.0 Å². The maximum absolute atomic E-state index is 14.5. The Morgan fingerprint density at radius 1 is 0.900 bits per heavy atom. The van der Waals surface area contributed by atoms with Crippen LogP contribution in [0, 0.1) is 23.7 Å². The molecular weight excluding hydrogens is 953 g/mol. The van der Waals surface area contributed by atoms with Gasteiger partial charge in [-0.05, 0) is 56.7 Å². The fourth-order valence-corrected chi connectivity index (χ4v) is 11.9. The van der Waals surface area contributed by atoms with Crippen molar-refractivity contribution in [3.8, 4) is 0 Å². The van der Waals surface area contributed by atoms with E-state index < -0.39 is 54.4 Å². The predicted octanol–water partition coefficient (Wildman–Crippen LogP) is 6.00. The number of amides is 6. The SMILES string of the molecule is CCC(C)C(C(CC(=O)N1CCC[C@H]1C(OC)C(C)C(=O)NC(Cc1ccccc1)c1nc(C(=O)N(C)CCSSCCOC(=O)NC)cs1)OC)N(C)C(=O)C(NC(=O)C(C(C)C)N(C)C)C(C)C. The zero-order valence-electron chi connectivity index (χ0n) is 44.0. The predicted molar refractivity (Wildman–Crippen MR) is 281 cm³/mol. The van der Waals surface area contributed by atoms with Gasteiger partial charge in [-0.25, -0.2) is 9.78 Å². The number of likely N-dealkylation sites (tertiary alicyclic amines) is 1. The number of alkyl carbamates (subject to hydrolysis) is 1. The van der Waals surface area contributed by atoms with Crippen LogP contribution >= 0.6 is 32.9 Å². The van der Waals surface area contributed by atoms with E-state index in [1.807, 2.05) is 97.8 Å². The number of ether oxygens (including phenoxy) is 3. The molecule has 0 radical (unpaired) electrons. The van der Waals surface area contributed by atoms with Crippen molar-refractivity contribution in [2.45, 2.75) is 123 Å². The Morgan fingerprint density at radius 3 is 2.16 bits per heavy atom. The Balaban J connectivity index is 1.77. The van der Waals surface area contributed by atoms with E-state index in [2.05, 4.69) is 16.0 Å². The number of nitrogens with one attached hydrogen (secondary N) is 3. The quantitative estimate of drug-likeness (QED) is 0.0636. The average Bonchev–Trinajstić information content (AvgIpc) is 4.03. The molecule has 1 aliphatic heterocycles.